The molecule has 0 aliphatic rings. The number of carbonyl (C=O) groups is 1. The molecule has 0 fully saturated rings. The third-order valence-corrected chi connectivity index (χ3v) is 3.65. The van der Waals surface area contributed by atoms with E-state index in [1.54, 1.807) is 26.3 Å². The normalized spacial score (nSPS) is 12.5. The van der Waals surface area contributed by atoms with Crippen molar-refractivity contribution in [2.24, 2.45) is 7.05 Å². The average molecular weight is 314 g/mol. The molecule has 0 bridgehead atoms. The van der Waals surface area contributed by atoms with Crippen LogP contribution in [0, 0.1) is 6.92 Å². The predicted molar refractivity (Wildman–Crippen MR) is 85.4 cm³/mol. The number of rotatable bonds is 4. The fourth-order valence-corrected chi connectivity index (χ4v) is 2.65. The smallest absolute Gasteiger partial charge is 0.274 e. The molecule has 3 heterocycles. The molecule has 3 rings (SSSR count). The molecule has 0 spiro atoms. The summed E-state index contributed by atoms with van der Waals surface area (Å²) in [7, 11) is 1.69. The molecule has 0 radical (unpaired) electrons. The number of pyridine rings is 1. The SMILES string of the molecule is Cc1cc(C(=O)NC(C)Cc2ccco2)c2c(=O)[nH]n(C)c2n1. The van der Waals surface area contributed by atoms with E-state index in [4.69, 9.17) is 4.42 Å². The minimum Gasteiger partial charge on any atom is -0.469 e. The minimum atomic E-state index is -0.321. The summed E-state index contributed by atoms with van der Waals surface area (Å²) in [6, 6.07) is 5.18. The van der Waals surface area contributed by atoms with Gasteiger partial charge in [-0.2, -0.15) is 0 Å². The largest absolute Gasteiger partial charge is 0.469 e. The number of nitrogens with one attached hydrogen (secondary N) is 2. The summed E-state index contributed by atoms with van der Waals surface area (Å²) in [5.41, 5.74) is 1.16. The topological polar surface area (TPSA) is 92.9 Å². The number of H-pyrrole nitrogens is 1. The van der Waals surface area contributed by atoms with Gasteiger partial charge >= 0.3 is 0 Å². The molecule has 0 saturated carbocycles. The van der Waals surface area contributed by atoms with Crippen molar-refractivity contribution in [2.45, 2.75) is 26.3 Å². The molecule has 2 N–H and O–H groups in total. The van der Waals surface area contributed by atoms with Crippen molar-refractivity contribution < 1.29 is 9.21 Å². The van der Waals surface area contributed by atoms with E-state index in [0.717, 1.165) is 5.76 Å². The Kier molecular flexibility index (Phi) is 3.77. The summed E-state index contributed by atoms with van der Waals surface area (Å²) in [5, 5.41) is 5.84. The summed E-state index contributed by atoms with van der Waals surface area (Å²) in [5.74, 6) is 0.502. The fraction of sp³-hybridized carbons (Fsp3) is 0.312. The lowest BCUT2D eigenvalue weighted by Gasteiger charge is -2.13. The van der Waals surface area contributed by atoms with Gasteiger partial charge in [0.05, 0.1) is 17.2 Å². The first-order valence-corrected chi connectivity index (χ1v) is 7.35. The van der Waals surface area contributed by atoms with Gasteiger partial charge in [-0.15, -0.1) is 0 Å². The second-order valence-electron chi connectivity index (χ2n) is 5.67. The maximum Gasteiger partial charge on any atom is 0.274 e. The number of nitrogens with zero attached hydrogens (tertiary/aromatic N) is 2. The molecule has 23 heavy (non-hydrogen) atoms. The zero-order valence-corrected chi connectivity index (χ0v) is 13.2. The highest BCUT2D eigenvalue weighted by Crippen LogP contribution is 2.15. The van der Waals surface area contributed by atoms with Crippen LogP contribution in [0.5, 0.6) is 0 Å². The fourth-order valence-electron chi connectivity index (χ4n) is 2.65. The van der Waals surface area contributed by atoms with E-state index in [1.807, 2.05) is 19.1 Å². The van der Waals surface area contributed by atoms with Crippen LogP contribution in [0.4, 0.5) is 0 Å². The molecular weight excluding hydrogens is 296 g/mol. The monoisotopic (exact) mass is 314 g/mol. The van der Waals surface area contributed by atoms with Crippen molar-refractivity contribution >= 4 is 16.9 Å². The number of aryl methyl sites for hydroxylation is 2. The highest BCUT2D eigenvalue weighted by Gasteiger charge is 2.19. The van der Waals surface area contributed by atoms with Gasteiger partial charge in [0.1, 0.15) is 5.76 Å². The van der Waals surface area contributed by atoms with Gasteiger partial charge < -0.3 is 9.73 Å². The number of aromatic nitrogens is 3. The molecule has 7 nitrogen and oxygen atoms in total. The molecule has 0 aliphatic heterocycles. The third kappa shape index (κ3) is 2.90. The van der Waals surface area contributed by atoms with Crippen molar-refractivity contribution in [2.75, 3.05) is 0 Å². The Hall–Kier alpha value is -2.83. The van der Waals surface area contributed by atoms with Crippen LogP contribution in [-0.2, 0) is 13.5 Å². The van der Waals surface area contributed by atoms with Crippen molar-refractivity contribution in [1.29, 1.82) is 0 Å². The Morgan fingerprint density at radius 1 is 1.52 bits per heavy atom. The van der Waals surface area contributed by atoms with Gasteiger partial charge in [-0.25, -0.2) is 4.98 Å². The number of hydrogen-bond acceptors (Lipinski definition) is 4. The Labute approximate surface area is 132 Å². The molecule has 7 heteroatoms. The van der Waals surface area contributed by atoms with Crippen molar-refractivity contribution in [3.05, 3.63) is 51.8 Å². The van der Waals surface area contributed by atoms with Gasteiger partial charge in [-0.1, -0.05) is 0 Å². The van der Waals surface area contributed by atoms with Gasteiger partial charge in [-0.05, 0) is 32.0 Å². The molecule has 1 amide bonds. The van der Waals surface area contributed by atoms with Gasteiger partial charge in [0, 0.05) is 25.2 Å². The first kappa shape index (κ1) is 15.1. The number of fused-ring (bicyclic) bond motifs is 1. The Morgan fingerprint density at radius 2 is 2.30 bits per heavy atom. The molecule has 0 saturated heterocycles. The van der Waals surface area contributed by atoms with Crippen LogP contribution in [-0.4, -0.2) is 26.7 Å². The van der Waals surface area contributed by atoms with E-state index >= 15 is 0 Å². The summed E-state index contributed by atoms with van der Waals surface area (Å²) >= 11 is 0. The second kappa shape index (κ2) is 5.75. The molecule has 1 atom stereocenters. The molecule has 0 aliphatic carbocycles. The van der Waals surface area contributed by atoms with Crippen LogP contribution in [0.15, 0.2) is 33.7 Å². The van der Waals surface area contributed by atoms with Gasteiger partial charge in [0.15, 0.2) is 5.65 Å². The van der Waals surface area contributed by atoms with Crippen LogP contribution < -0.4 is 10.9 Å². The van der Waals surface area contributed by atoms with Crippen LogP contribution in [0.25, 0.3) is 11.0 Å². The summed E-state index contributed by atoms with van der Waals surface area (Å²) < 4.78 is 6.81. The average Bonchev–Trinajstić information content (AvgIpc) is 3.07. The van der Waals surface area contributed by atoms with Crippen LogP contribution in [0.1, 0.15) is 28.7 Å². The van der Waals surface area contributed by atoms with Crippen LogP contribution in [0.2, 0.25) is 0 Å². The number of carbonyl (C=O) groups excluding carboxylic acids is 1. The maximum absolute atomic E-state index is 12.6. The Balaban J connectivity index is 1.90. The van der Waals surface area contributed by atoms with Crippen molar-refractivity contribution in [3.8, 4) is 0 Å². The first-order chi connectivity index (χ1) is 11.0. The number of furan rings is 1. The van der Waals surface area contributed by atoms with Crippen LogP contribution >= 0.6 is 0 Å². The van der Waals surface area contributed by atoms with Crippen molar-refractivity contribution in [3.63, 3.8) is 0 Å². The number of aromatic amines is 1. The lowest BCUT2D eigenvalue weighted by molar-refractivity contribution is 0.0940. The number of amides is 1. The standard InChI is InChI=1S/C16H18N4O3/c1-9(7-11-5-4-6-23-11)18-15(21)12-8-10(2)17-14-13(12)16(22)19-20(14)3/h4-6,8-9H,7H2,1-3H3,(H,18,21)(H,19,22). The van der Waals surface area contributed by atoms with E-state index in [2.05, 4.69) is 15.4 Å². The predicted octanol–water partition coefficient (Wildman–Crippen LogP) is 1.52. The molecule has 0 aromatic carbocycles. The lowest BCUT2D eigenvalue weighted by Crippen LogP contribution is -2.34. The number of hydrogen-bond donors (Lipinski definition) is 2. The molecule has 3 aromatic heterocycles. The van der Waals surface area contributed by atoms with Gasteiger partial charge in [0.25, 0.3) is 11.5 Å². The molecule has 3 aromatic rings. The summed E-state index contributed by atoms with van der Waals surface area (Å²) in [6.07, 6.45) is 2.18. The maximum atomic E-state index is 12.6. The molecular formula is C16H18N4O3. The van der Waals surface area contributed by atoms with E-state index in [9.17, 15) is 9.59 Å². The van der Waals surface area contributed by atoms with Crippen LogP contribution in [0.3, 0.4) is 0 Å². The van der Waals surface area contributed by atoms with E-state index in [0.29, 0.717) is 28.7 Å². The van der Waals surface area contributed by atoms with Crippen molar-refractivity contribution in [1.82, 2.24) is 20.1 Å². The van der Waals surface area contributed by atoms with E-state index in [-0.39, 0.29) is 17.5 Å². The van der Waals surface area contributed by atoms with Gasteiger partial charge in [0.2, 0.25) is 0 Å². The summed E-state index contributed by atoms with van der Waals surface area (Å²) in [6.45, 7) is 3.68. The quantitative estimate of drug-likeness (QED) is 0.763. The van der Waals surface area contributed by atoms with E-state index in [1.165, 1.54) is 4.68 Å². The van der Waals surface area contributed by atoms with Gasteiger partial charge in [-0.3, -0.25) is 19.4 Å². The molecule has 120 valence electrons. The van der Waals surface area contributed by atoms with E-state index < -0.39 is 0 Å². The highest BCUT2D eigenvalue weighted by atomic mass is 16.3. The third-order valence-electron chi connectivity index (χ3n) is 3.65. The highest BCUT2D eigenvalue weighted by molar-refractivity contribution is 6.05. The zero-order chi connectivity index (χ0) is 16.6. The summed E-state index contributed by atoms with van der Waals surface area (Å²) in [4.78, 5) is 29.0. The Bertz CT molecular complexity index is 905. The Morgan fingerprint density at radius 3 is 3.00 bits per heavy atom. The minimum absolute atomic E-state index is 0.125. The first-order valence-electron chi connectivity index (χ1n) is 7.35. The second-order valence-corrected chi connectivity index (χ2v) is 5.67. The lowest BCUT2D eigenvalue weighted by atomic mass is 10.1. The molecule has 1 unspecified atom stereocenters. The zero-order valence-electron chi connectivity index (χ0n) is 13.2.